The summed E-state index contributed by atoms with van der Waals surface area (Å²) in [4.78, 5) is 11.0. The maximum Gasteiger partial charge on any atom is 0.311 e. The summed E-state index contributed by atoms with van der Waals surface area (Å²) in [7, 11) is 0. The van der Waals surface area contributed by atoms with Crippen molar-refractivity contribution in [1.82, 2.24) is 0 Å². The number of rotatable bonds is 1. The molecule has 0 saturated carbocycles. The number of carboxylic acid groups (broad SMARTS) is 1. The molecule has 0 aromatic heterocycles. The highest BCUT2D eigenvalue weighted by molar-refractivity contribution is 5.77. The van der Waals surface area contributed by atoms with Gasteiger partial charge in [-0.2, -0.15) is 0 Å². The molecular formula is C11H11FO3. The molecule has 80 valence electrons. The molecule has 0 aliphatic carbocycles. The lowest BCUT2D eigenvalue weighted by molar-refractivity contribution is -0.139. The first-order chi connectivity index (χ1) is 7.08. The maximum absolute atomic E-state index is 13.0. The second-order valence-corrected chi connectivity index (χ2v) is 3.74. The Morgan fingerprint density at radius 1 is 1.60 bits per heavy atom. The van der Waals surface area contributed by atoms with Gasteiger partial charge in [-0.3, -0.25) is 4.79 Å². The van der Waals surface area contributed by atoms with Crippen LogP contribution >= 0.6 is 0 Å². The zero-order chi connectivity index (χ0) is 11.0. The van der Waals surface area contributed by atoms with Crippen molar-refractivity contribution in [3.05, 3.63) is 29.6 Å². The van der Waals surface area contributed by atoms with Crippen LogP contribution in [0.15, 0.2) is 18.2 Å². The minimum absolute atomic E-state index is 0.149. The van der Waals surface area contributed by atoms with Crippen LogP contribution in [0.4, 0.5) is 4.39 Å². The van der Waals surface area contributed by atoms with E-state index in [1.807, 2.05) is 6.92 Å². The topological polar surface area (TPSA) is 46.5 Å². The van der Waals surface area contributed by atoms with Crippen LogP contribution in [0, 0.1) is 5.82 Å². The van der Waals surface area contributed by atoms with Gasteiger partial charge >= 0.3 is 5.97 Å². The van der Waals surface area contributed by atoms with Crippen molar-refractivity contribution < 1.29 is 19.0 Å². The van der Waals surface area contributed by atoms with Gasteiger partial charge in [0.15, 0.2) is 0 Å². The van der Waals surface area contributed by atoms with E-state index >= 15 is 0 Å². The highest BCUT2D eigenvalue weighted by Crippen LogP contribution is 2.36. The molecule has 1 heterocycles. The van der Waals surface area contributed by atoms with E-state index in [0.717, 1.165) is 0 Å². The number of carbonyl (C=O) groups is 1. The average molecular weight is 210 g/mol. The van der Waals surface area contributed by atoms with E-state index in [1.54, 1.807) is 0 Å². The molecule has 3 nitrogen and oxygen atoms in total. The summed E-state index contributed by atoms with van der Waals surface area (Å²) in [5.74, 6) is -1.56. The van der Waals surface area contributed by atoms with E-state index in [2.05, 4.69) is 0 Å². The predicted octanol–water partition coefficient (Wildman–Crippen LogP) is 2.16. The van der Waals surface area contributed by atoms with Gasteiger partial charge in [0.1, 0.15) is 11.6 Å². The van der Waals surface area contributed by atoms with Gasteiger partial charge in [-0.15, -0.1) is 0 Å². The molecule has 0 unspecified atom stereocenters. The van der Waals surface area contributed by atoms with Gasteiger partial charge in [0.05, 0.1) is 12.0 Å². The molecule has 0 radical (unpaired) electrons. The fourth-order valence-electron chi connectivity index (χ4n) is 1.86. The van der Waals surface area contributed by atoms with Crippen LogP contribution in [-0.2, 0) is 4.79 Å². The van der Waals surface area contributed by atoms with Crippen LogP contribution in [-0.4, -0.2) is 17.2 Å². The number of ether oxygens (including phenoxy) is 1. The second-order valence-electron chi connectivity index (χ2n) is 3.74. The molecule has 2 rings (SSSR count). The number of carboxylic acids is 1. The molecule has 4 heteroatoms. The quantitative estimate of drug-likeness (QED) is 0.772. The maximum atomic E-state index is 13.0. The van der Waals surface area contributed by atoms with Gasteiger partial charge in [0.25, 0.3) is 0 Å². The van der Waals surface area contributed by atoms with E-state index in [-0.39, 0.29) is 6.10 Å². The summed E-state index contributed by atoms with van der Waals surface area (Å²) < 4.78 is 18.4. The van der Waals surface area contributed by atoms with E-state index in [9.17, 15) is 9.18 Å². The lowest BCUT2D eigenvalue weighted by Crippen LogP contribution is -2.27. The first-order valence-electron chi connectivity index (χ1n) is 4.77. The fourth-order valence-corrected chi connectivity index (χ4v) is 1.86. The van der Waals surface area contributed by atoms with Crippen molar-refractivity contribution in [3.63, 3.8) is 0 Å². The van der Waals surface area contributed by atoms with E-state index < -0.39 is 17.7 Å². The Balaban J connectivity index is 2.47. The van der Waals surface area contributed by atoms with Gasteiger partial charge in [0.2, 0.25) is 0 Å². The number of hydrogen-bond donors (Lipinski definition) is 1. The van der Waals surface area contributed by atoms with Crippen LogP contribution in [0.3, 0.4) is 0 Å². The number of hydrogen-bond acceptors (Lipinski definition) is 2. The average Bonchev–Trinajstić information content (AvgIpc) is 2.17. The molecule has 1 aromatic rings. The molecule has 0 bridgehead atoms. The highest BCUT2D eigenvalue weighted by atomic mass is 19.1. The lowest BCUT2D eigenvalue weighted by atomic mass is 9.90. The summed E-state index contributed by atoms with van der Waals surface area (Å²) in [5, 5.41) is 9.02. The van der Waals surface area contributed by atoms with E-state index in [1.165, 1.54) is 18.2 Å². The SMILES string of the molecule is C[C@@H]1C[C@H](C(=O)O)c2cc(F)ccc2O1. The van der Waals surface area contributed by atoms with Crippen LogP contribution < -0.4 is 4.74 Å². The van der Waals surface area contributed by atoms with Crippen LogP contribution in [0.1, 0.15) is 24.8 Å². The van der Waals surface area contributed by atoms with Gasteiger partial charge in [-0.1, -0.05) is 0 Å². The first-order valence-corrected chi connectivity index (χ1v) is 4.77. The molecule has 1 aromatic carbocycles. The molecule has 1 aliphatic heterocycles. The largest absolute Gasteiger partial charge is 0.490 e. The molecular weight excluding hydrogens is 199 g/mol. The van der Waals surface area contributed by atoms with Crippen molar-refractivity contribution in [2.45, 2.75) is 25.4 Å². The Bertz CT molecular complexity index is 403. The predicted molar refractivity (Wildman–Crippen MR) is 51.5 cm³/mol. The van der Waals surface area contributed by atoms with Crippen molar-refractivity contribution in [2.24, 2.45) is 0 Å². The molecule has 0 fully saturated rings. The van der Waals surface area contributed by atoms with E-state index in [4.69, 9.17) is 9.84 Å². The molecule has 0 spiro atoms. The zero-order valence-corrected chi connectivity index (χ0v) is 8.24. The number of benzene rings is 1. The Labute approximate surface area is 86.5 Å². The Morgan fingerprint density at radius 3 is 3.00 bits per heavy atom. The smallest absolute Gasteiger partial charge is 0.311 e. The summed E-state index contributed by atoms with van der Waals surface area (Å²) in [6, 6.07) is 3.99. The van der Waals surface area contributed by atoms with Crippen molar-refractivity contribution in [1.29, 1.82) is 0 Å². The van der Waals surface area contributed by atoms with Crippen molar-refractivity contribution in [2.75, 3.05) is 0 Å². The summed E-state index contributed by atoms with van der Waals surface area (Å²) in [6.45, 7) is 1.81. The van der Waals surface area contributed by atoms with Gasteiger partial charge < -0.3 is 9.84 Å². The van der Waals surface area contributed by atoms with Gasteiger partial charge in [-0.05, 0) is 25.1 Å². The summed E-state index contributed by atoms with van der Waals surface area (Å²) in [6.07, 6.45) is 0.232. The van der Waals surface area contributed by atoms with E-state index in [0.29, 0.717) is 17.7 Å². The standard InChI is InChI=1S/C11H11FO3/c1-6-4-9(11(13)14)8-5-7(12)2-3-10(8)15-6/h2-3,5-6,9H,4H2,1H3,(H,13,14)/t6-,9+/m1/s1. The molecule has 1 N–H and O–H groups in total. The Morgan fingerprint density at radius 2 is 2.33 bits per heavy atom. The minimum atomic E-state index is -0.933. The highest BCUT2D eigenvalue weighted by Gasteiger charge is 2.31. The third-order valence-corrected chi connectivity index (χ3v) is 2.54. The number of halogens is 1. The molecule has 15 heavy (non-hydrogen) atoms. The second kappa shape index (κ2) is 3.53. The van der Waals surface area contributed by atoms with Crippen molar-refractivity contribution >= 4 is 5.97 Å². The monoisotopic (exact) mass is 210 g/mol. The van der Waals surface area contributed by atoms with Gasteiger partial charge in [-0.25, -0.2) is 4.39 Å². The molecule has 0 amide bonds. The molecule has 2 atom stereocenters. The normalized spacial score (nSPS) is 24.1. The van der Waals surface area contributed by atoms with Crippen molar-refractivity contribution in [3.8, 4) is 5.75 Å². The summed E-state index contributed by atoms with van der Waals surface area (Å²) in [5.41, 5.74) is 0.431. The number of aliphatic carboxylic acids is 1. The fraction of sp³-hybridized carbons (Fsp3) is 0.364. The van der Waals surface area contributed by atoms with Crippen LogP contribution in [0.5, 0.6) is 5.75 Å². The third kappa shape index (κ3) is 1.79. The Hall–Kier alpha value is -1.58. The van der Waals surface area contributed by atoms with Crippen LogP contribution in [0.2, 0.25) is 0 Å². The summed E-state index contributed by atoms with van der Waals surface area (Å²) >= 11 is 0. The van der Waals surface area contributed by atoms with Gasteiger partial charge in [0, 0.05) is 12.0 Å². The molecule has 0 saturated heterocycles. The molecule has 1 aliphatic rings. The lowest BCUT2D eigenvalue weighted by Gasteiger charge is -2.27. The Kier molecular flexibility index (Phi) is 2.34. The third-order valence-electron chi connectivity index (χ3n) is 2.54. The number of fused-ring (bicyclic) bond motifs is 1. The minimum Gasteiger partial charge on any atom is -0.490 e. The van der Waals surface area contributed by atoms with Crippen LogP contribution in [0.25, 0.3) is 0 Å². The zero-order valence-electron chi connectivity index (χ0n) is 8.24. The first kappa shape index (κ1) is 9.96.